The van der Waals surface area contributed by atoms with E-state index >= 15 is 0 Å². The van der Waals surface area contributed by atoms with Gasteiger partial charge in [-0.2, -0.15) is 85.8 Å². The van der Waals surface area contributed by atoms with E-state index in [1.54, 1.807) is 0 Å². The zero-order valence-corrected chi connectivity index (χ0v) is 15.9. The van der Waals surface area contributed by atoms with Gasteiger partial charge in [-0.05, 0) is 11.5 Å². The Bertz CT molecular complexity index is 140. The molecule has 0 spiro atoms. The highest BCUT2D eigenvalue weighted by Crippen LogP contribution is 2.26. The predicted octanol–water partition coefficient (Wildman–Crippen LogP) is 3.64. The Morgan fingerprint density at radius 2 is 1.12 bits per heavy atom. The van der Waals surface area contributed by atoms with E-state index in [0.29, 0.717) is 10.5 Å². The second-order valence-corrected chi connectivity index (χ2v) is 8.87. The summed E-state index contributed by atoms with van der Waals surface area (Å²) >= 11 is 23.3. The Morgan fingerprint density at radius 3 is 1.41 bits per heavy atom. The van der Waals surface area contributed by atoms with Crippen LogP contribution in [-0.4, -0.2) is 56.5 Å². The molecule has 0 aromatic heterocycles. The summed E-state index contributed by atoms with van der Waals surface area (Å²) in [5.74, 6) is 8.44. The molecule has 0 saturated heterocycles. The van der Waals surface area contributed by atoms with Gasteiger partial charge in [0.25, 0.3) is 0 Å². The number of thiol groups is 4. The quantitative estimate of drug-likeness (QED) is 0.308. The average molecular weight is 367 g/mol. The first-order valence-electron chi connectivity index (χ1n) is 5.52. The lowest BCUT2D eigenvalue weighted by atomic mass is 10.5. The molecule has 0 amide bonds. The topological polar surface area (TPSA) is 0 Å². The highest BCUT2D eigenvalue weighted by Gasteiger charge is 2.15. The molecule has 2 unspecified atom stereocenters. The molecule has 0 aliphatic carbocycles. The molecule has 0 N–H and O–H groups in total. The molecule has 0 radical (unpaired) electrons. The summed E-state index contributed by atoms with van der Waals surface area (Å²) in [6, 6.07) is 0. The highest BCUT2D eigenvalue weighted by atomic mass is 32.2. The van der Waals surface area contributed by atoms with Crippen LogP contribution in [0.1, 0.15) is 0 Å². The zero-order valence-electron chi connectivity index (χ0n) is 9.83. The average Bonchev–Trinajstić information content (AvgIpc) is 2.36. The van der Waals surface area contributed by atoms with E-state index in [9.17, 15) is 0 Å². The van der Waals surface area contributed by atoms with E-state index < -0.39 is 0 Å². The molecular formula is C10H22S7. The molecule has 0 rings (SSSR count). The molecular weight excluding hydrogens is 345 g/mol. The van der Waals surface area contributed by atoms with Crippen LogP contribution in [0.3, 0.4) is 0 Å². The van der Waals surface area contributed by atoms with Gasteiger partial charge in [-0.25, -0.2) is 0 Å². The van der Waals surface area contributed by atoms with Crippen molar-refractivity contribution in [1.82, 2.24) is 0 Å². The Hall–Kier alpha value is 2.45. The van der Waals surface area contributed by atoms with Gasteiger partial charge in [0.05, 0.1) is 0 Å². The normalized spacial score (nSPS) is 14.8. The molecule has 0 bridgehead atoms. The SMILES string of the molecule is SCCSCC(CS)SC(CS)CSCCS. The zero-order chi connectivity index (χ0) is 12.9. The summed E-state index contributed by atoms with van der Waals surface area (Å²) in [5.41, 5.74) is 0. The van der Waals surface area contributed by atoms with E-state index in [1.807, 2.05) is 35.3 Å². The van der Waals surface area contributed by atoms with Crippen LogP contribution >= 0.6 is 85.8 Å². The molecule has 104 valence electrons. The van der Waals surface area contributed by atoms with Gasteiger partial charge in [-0.3, -0.25) is 0 Å². The molecule has 2 atom stereocenters. The largest absolute Gasteiger partial charge is 0.179 e. The van der Waals surface area contributed by atoms with Crippen molar-refractivity contribution in [3.8, 4) is 0 Å². The van der Waals surface area contributed by atoms with Crippen molar-refractivity contribution in [1.29, 1.82) is 0 Å². The molecule has 0 nitrogen and oxygen atoms in total. The molecule has 0 aliphatic rings. The van der Waals surface area contributed by atoms with Crippen molar-refractivity contribution >= 4 is 85.8 Å². The molecule has 17 heavy (non-hydrogen) atoms. The van der Waals surface area contributed by atoms with Crippen molar-refractivity contribution in [2.24, 2.45) is 0 Å². The lowest BCUT2D eigenvalue weighted by Crippen LogP contribution is -2.19. The highest BCUT2D eigenvalue weighted by molar-refractivity contribution is 8.06. The van der Waals surface area contributed by atoms with Crippen molar-refractivity contribution in [2.45, 2.75) is 10.5 Å². The van der Waals surface area contributed by atoms with Crippen LogP contribution in [0.2, 0.25) is 0 Å². The fourth-order valence-corrected chi connectivity index (χ4v) is 6.27. The summed E-state index contributed by atoms with van der Waals surface area (Å²) in [7, 11) is 0. The maximum Gasteiger partial charge on any atom is 0.0229 e. The first kappa shape index (κ1) is 19.4. The van der Waals surface area contributed by atoms with Crippen LogP contribution in [0.25, 0.3) is 0 Å². The van der Waals surface area contributed by atoms with Gasteiger partial charge in [-0.1, -0.05) is 0 Å². The van der Waals surface area contributed by atoms with Gasteiger partial charge >= 0.3 is 0 Å². The number of thioether (sulfide) groups is 3. The van der Waals surface area contributed by atoms with Gasteiger partial charge in [0.1, 0.15) is 0 Å². The maximum absolute atomic E-state index is 4.44. The second-order valence-electron chi connectivity index (χ2n) is 3.34. The first-order chi connectivity index (χ1) is 8.28. The Labute approximate surface area is 141 Å². The van der Waals surface area contributed by atoms with Crippen LogP contribution in [0.15, 0.2) is 0 Å². The van der Waals surface area contributed by atoms with Crippen LogP contribution < -0.4 is 0 Å². The third kappa shape index (κ3) is 11.9. The molecule has 0 aliphatic heterocycles. The van der Waals surface area contributed by atoms with E-state index in [4.69, 9.17) is 0 Å². The standard InChI is InChI=1S/C10H22S7/c11-1-3-15-7-9(5-13)17-10(6-14)8-16-4-2-12/h9-14H,1-8H2. The van der Waals surface area contributed by atoms with E-state index in [-0.39, 0.29) is 0 Å². The summed E-state index contributed by atoms with van der Waals surface area (Å²) in [5, 5.41) is 1.27. The fourth-order valence-electron chi connectivity index (χ4n) is 1.10. The van der Waals surface area contributed by atoms with Crippen molar-refractivity contribution < 1.29 is 0 Å². The number of hydrogen-bond acceptors (Lipinski definition) is 7. The van der Waals surface area contributed by atoms with E-state index in [2.05, 4.69) is 50.5 Å². The van der Waals surface area contributed by atoms with Crippen molar-refractivity contribution in [3.63, 3.8) is 0 Å². The monoisotopic (exact) mass is 366 g/mol. The first-order valence-corrected chi connectivity index (χ1v) is 11.3. The fraction of sp³-hybridized carbons (Fsp3) is 1.00. The molecule has 0 heterocycles. The van der Waals surface area contributed by atoms with Gasteiger partial charge in [-0.15, -0.1) is 0 Å². The van der Waals surface area contributed by atoms with Crippen LogP contribution in [0.5, 0.6) is 0 Å². The Kier molecular flexibility index (Phi) is 17.0. The third-order valence-electron chi connectivity index (χ3n) is 1.87. The van der Waals surface area contributed by atoms with Gasteiger partial charge in [0.15, 0.2) is 0 Å². The van der Waals surface area contributed by atoms with Crippen LogP contribution in [0, 0.1) is 0 Å². The van der Waals surface area contributed by atoms with Crippen LogP contribution in [0.4, 0.5) is 0 Å². The summed E-state index contributed by atoms with van der Waals surface area (Å²) in [6.45, 7) is 0. The molecule has 0 aromatic carbocycles. The minimum absolute atomic E-state index is 0.636. The maximum atomic E-state index is 4.44. The molecule has 0 saturated carbocycles. The Morgan fingerprint density at radius 1 is 0.706 bits per heavy atom. The molecule has 0 fully saturated rings. The van der Waals surface area contributed by atoms with Gasteiger partial charge < -0.3 is 0 Å². The van der Waals surface area contributed by atoms with Crippen LogP contribution in [-0.2, 0) is 0 Å². The smallest absolute Gasteiger partial charge is 0.0229 e. The molecule has 7 heteroatoms. The number of hydrogen-bond donors (Lipinski definition) is 4. The number of rotatable bonds is 12. The minimum atomic E-state index is 0.636. The van der Waals surface area contributed by atoms with Crippen molar-refractivity contribution in [3.05, 3.63) is 0 Å². The van der Waals surface area contributed by atoms with Crippen molar-refractivity contribution in [2.75, 3.05) is 46.0 Å². The lowest BCUT2D eigenvalue weighted by Gasteiger charge is -2.20. The van der Waals surface area contributed by atoms with E-state index in [0.717, 1.165) is 34.5 Å². The third-order valence-corrected chi connectivity index (χ3v) is 8.42. The lowest BCUT2D eigenvalue weighted by molar-refractivity contribution is 1.09. The van der Waals surface area contributed by atoms with Gasteiger partial charge in [0.2, 0.25) is 0 Å². The molecule has 0 aromatic rings. The summed E-state index contributed by atoms with van der Waals surface area (Å²) in [6.07, 6.45) is 0. The summed E-state index contributed by atoms with van der Waals surface area (Å²) < 4.78 is 0. The second kappa shape index (κ2) is 14.9. The predicted molar refractivity (Wildman–Crippen MR) is 105 cm³/mol. The van der Waals surface area contributed by atoms with E-state index in [1.165, 1.54) is 11.5 Å². The summed E-state index contributed by atoms with van der Waals surface area (Å²) in [4.78, 5) is 0. The minimum Gasteiger partial charge on any atom is -0.179 e. The van der Waals surface area contributed by atoms with Gasteiger partial charge in [0, 0.05) is 45.0 Å². The Balaban J connectivity index is 3.77.